The Bertz CT molecular complexity index is 457. The van der Waals surface area contributed by atoms with Gasteiger partial charge in [-0.15, -0.1) is 11.3 Å². The van der Waals surface area contributed by atoms with E-state index in [0.29, 0.717) is 0 Å². The molecule has 0 amide bonds. The van der Waals surface area contributed by atoms with Crippen molar-refractivity contribution in [2.24, 2.45) is 5.11 Å². The number of azide groups is 1. The number of ether oxygens (including phenoxy) is 1. The molecule has 0 bridgehead atoms. The van der Waals surface area contributed by atoms with Gasteiger partial charge in [-0.2, -0.15) is 0 Å². The number of carbonyl (C=O) groups excluding carboxylic acids is 1. The first-order valence-electron chi connectivity index (χ1n) is 5.01. The van der Waals surface area contributed by atoms with Crippen molar-refractivity contribution in [2.75, 3.05) is 13.7 Å². The lowest BCUT2D eigenvalue weighted by molar-refractivity contribution is 0.0147. The van der Waals surface area contributed by atoms with Crippen LogP contribution in [-0.2, 0) is 4.74 Å². The van der Waals surface area contributed by atoms with Crippen LogP contribution < -0.4 is 0 Å². The maximum atomic E-state index is 11.2. The fourth-order valence-corrected chi connectivity index (χ4v) is 2.01. The lowest BCUT2D eigenvalue weighted by Gasteiger charge is -2.14. The number of nitrogens with zero attached hydrogens (tertiary/aromatic N) is 4. The van der Waals surface area contributed by atoms with Crippen molar-refractivity contribution in [2.45, 2.75) is 18.6 Å². The number of esters is 1. The molecular weight excluding hydrogens is 260 g/mol. The number of thiazole rings is 1. The van der Waals surface area contributed by atoms with Gasteiger partial charge in [0.25, 0.3) is 0 Å². The average molecular weight is 272 g/mol. The van der Waals surface area contributed by atoms with Gasteiger partial charge in [0.05, 0.1) is 13.2 Å². The van der Waals surface area contributed by atoms with Crippen molar-refractivity contribution in [3.05, 3.63) is 26.5 Å². The second-order valence-corrected chi connectivity index (χ2v) is 4.21. The molecule has 0 aliphatic heterocycles. The van der Waals surface area contributed by atoms with Crippen LogP contribution in [0.2, 0.25) is 0 Å². The Morgan fingerprint density at radius 2 is 2.44 bits per heavy atom. The number of rotatable bonds is 6. The van der Waals surface area contributed by atoms with E-state index in [1.54, 1.807) is 0 Å². The monoisotopic (exact) mass is 272 g/mol. The molecule has 1 rings (SSSR count). The minimum atomic E-state index is -1.22. The van der Waals surface area contributed by atoms with Crippen LogP contribution in [0, 0.1) is 0 Å². The SMILES string of the molecule is COC(=O)c1csc(C(O)C(O)CCN=[N+]=[N-])n1. The van der Waals surface area contributed by atoms with Crippen LogP contribution in [0.4, 0.5) is 0 Å². The van der Waals surface area contributed by atoms with Crippen molar-refractivity contribution >= 4 is 17.3 Å². The van der Waals surface area contributed by atoms with Crippen LogP contribution in [0.1, 0.15) is 28.0 Å². The molecule has 1 aromatic heterocycles. The third-order valence-electron chi connectivity index (χ3n) is 2.12. The highest BCUT2D eigenvalue weighted by atomic mass is 32.1. The number of aromatic nitrogens is 1. The topological polar surface area (TPSA) is 128 Å². The van der Waals surface area contributed by atoms with Crippen LogP contribution in [-0.4, -0.2) is 40.9 Å². The van der Waals surface area contributed by atoms with E-state index in [4.69, 9.17) is 5.53 Å². The number of carbonyl (C=O) groups is 1. The summed E-state index contributed by atoms with van der Waals surface area (Å²) in [7, 11) is 1.23. The van der Waals surface area contributed by atoms with Gasteiger partial charge in [0, 0.05) is 16.8 Å². The fourth-order valence-electron chi connectivity index (χ4n) is 1.18. The highest BCUT2D eigenvalue weighted by Gasteiger charge is 2.22. The normalized spacial score (nSPS) is 13.5. The predicted molar refractivity (Wildman–Crippen MR) is 63.1 cm³/mol. The Balaban J connectivity index is 2.65. The van der Waals surface area contributed by atoms with Gasteiger partial charge in [0.1, 0.15) is 11.1 Å². The second-order valence-electron chi connectivity index (χ2n) is 3.32. The van der Waals surface area contributed by atoms with Gasteiger partial charge in [-0.05, 0) is 12.0 Å². The number of hydrogen-bond donors (Lipinski definition) is 2. The first kappa shape index (κ1) is 14.4. The third-order valence-corrected chi connectivity index (χ3v) is 3.04. The molecule has 0 spiro atoms. The van der Waals surface area contributed by atoms with Gasteiger partial charge < -0.3 is 14.9 Å². The number of hydrogen-bond acceptors (Lipinski definition) is 7. The van der Waals surface area contributed by atoms with Gasteiger partial charge in [0.15, 0.2) is 5.69 Å². The molecule has 18 heavy (non-hydrogen) atoms. The molecule has 1 heterocycles. The van der Waals surface area contributed by atoms with Gasteiger partial charge in [-0.1, -0.05) is 5.11 Å². The molecule has 0 saturated carbocycles. The van der Waals surface area contributed by atoms with Crippen LogP contribution in [0.15, 0.2) is 10.5 Å². The Morgan fingerprint density at radius 3 is 3.06 bits per heavy atom. The van der Waals surface area contributed by atoms with Gasteiger partial charge in [-0.3, -0.25) is 0 Å². The minimum absolute atomic E-state index is 0.0734. The Kier molecular flexibility index (Phi) is 5.53. The largest absolute Gasteiger partial charge is 0.464 e. The van der Waals surface area contributed by atoms with Gasteiger partial charge >= 0.3 is 5.97 Å². The maximum absolute atomic E-state index is 11.2. The highest BCUT2D eigenvalue weighted by molar-refractivity contribution is 7.09. The van der Waals surface area contributed by atoms with Crippen LogP contribution in [0.25, 0.3) is 10.4 Å². The van der Waals surface area contributed by atoms with E-state index < -0.39 is 18.2 Å². The molecular formula is C9H12N4O4S. The fraction of sp³-hybridized carbons (Fsp3) is 0.556. The van der Waals surface area contributed by atoms with E-state index in [0.717, 1.165) is 11.3 Å². The van der Waals surface area contributed by atoms with Crippen molar-refractivity contribution in [1.29, 1.82) is 0 Å². The summed E-state index contributed by atoms with van der Waals surface area (Å²) >= 11 is 1.04. The molecule has 2 N–H and O–H groups in total. The zero-order valence-corrected chi connectivity index (χ0v) is 10.4. The Labute approximate surface area is 106 Å². The molecule has 2 unspecified atom stereocenters. The molecule has 2 atom stereocenters. The zero-order chi connectivity index (χ0) is 13.5. The van der Waals surface area contributed by atoms with Gasteiger partial charge in [-0.25, -0.2) is 9.78 Å². The summed E-state index contributed by atoms with van der Waals surface area (Å²) in [5.74, 6) is -0.603. The summed E-state index contributed by atoms with van der Waals surface area (Å²) in [5, 5.41) is 24.3. The first-order valence-corrected chi connectivity index (χ1v) is 5.88. The summed E-state index contributed by atoms with van der Waals surface area (Å²) in [6.45, 7) is 0.0734. The Morgan fingerprint density at radius 1 is 1.72 bits per heavy atom. The number of aliphatic hydroxyl groups excluding tert-OH is 2. The lowest BCUT2D eigenvalue weighted by Crippen LogP contribution is -2.19. The average Bonchev–Trinajstić information content (AvgIpc) is 2.86. The lowest BCUT2D eigenvalue weighted by atomic mass is 10.1. The molecule has 0 saturated heterocycles. The molecule has 98 valence electrons. The van der Waals surface area contributed by atoms with E-state index in [9.17, 15) is 15.0 Å². The van der Waals surface area contributed by atoms with Crippen LogP contribution in [0.3, 0.4) is 0 Å². The minimum Gasteiger partial charge on any atom is -0.464 e. The molecule has 0 fully saturated rings. The molecule has 0 aliphatic rings. The van der Waals surface area contributed by atoms with E-state index in [-0.39, 0.29) is 23.7 Å². The quantitative estimate of drug-likeness (QED) is 0.346. The highest BCUT2D eigenvalue weighted by Crippen LogP contribution is 2.23. The Hall–Kier alpha value is -1.67. The summed E-state index contributed by atoms with van der Waals surface area (Å²) < 4.78 is 4.48. The number of aliphatic hydroxyl groups is 2. The standard InChI is InChI=1S/C9H12N4O4S/c1-17-9(16)5-4-18-8(12-5)7(15)6(14)2-3-11-13-10/h4,6-7,14-15H,2-3H2,1H3. The third kappa shape index (κ3) is 3.67. The predicted octanol–water partition coefficient (Wildman–Crippen LogP) is 1.02. The van der Waals surface area contributed by atoms with Crippen molar-refractivity contribution in [3.63, 3.8) is 0 Å². The van der Waals surface area contributed by atoms with Crippen molar-refractivity contribution in [3.8, 4) is 0 Å². The first-order chi connectivity index (χ1) is 8.60. The summed E-state index contributed by atoms with van der Waals surface area (Å²) in [6, 6.07) is 0. The molecule has 0 aliphatic carbocycles. The maximum Gasteiger partial charge on any atom is 0.357 e. The second kappa shape index (κ2) is 6.92. The molecule has 1 aromatic rings. The molecule has 9 heteroatoms. The summed E-state index contributed by atoms with van der Waals surface area (Å²) in [5.41, 5.74) is 8.16. The van der Waals surface area contributed by atoms with E-state index in [1.165, 1.54) is 12.5 Å². The summed E-state index contributed by atoms with van der Waals surface area (Å²) in [4.78, 5) is 17.5. The molecule has 8 nitrogen and oxygen atoms in total. The van der Waals surface area contributed by atoms with Gasteiger partial charge in [0.2, 0.25) is 0 Å². The zero-order valence-electron chi connectivity index (χ0n) is 9.55. The summed E-state index contributed by atoms with van der Waals surface area (Å²) in [6.07, 6.45) is -2.22. The van der Waals surface area contributed by atoms with Crippen molar-refractivity contribution < 1.29 is 19.7 Å². The van der Waals surface area contributed by atoms with E-state index in [1.807, 2.05) is 0 Å². The van der Waals surface area contributed by atoms with Crippen LogP contribution in [0.5, 0.6) is 0 Å². The number of methoxy groups -OCH3 is 1. The van der Waals surface area contributed by atoms with Crippen molar-refractivity contribution in [1.82, 2.24) is 4.98 Å². The van der Waals surface area contributed by atoms with E-state index in [2.05, 4.69) is 19.7 Å². The van der Waals surface area contributed by atoms with E-state index >= 15 is 0 Å². The van der Waals surface area contributed by atoms with Crippen LogP contribution >= 0.6 is 11.3 Å². The molecule has 0 radical (unpaired) electrons. The molecule has 0 aromatic carbocycles. The smallest absolute Gasteiger partial charge is 0.357 e.